The minimum Gasteiger partial charge on any atom is -0.486 e. The van der Waals surface area contributed by atoms with Gasteiger partial charge >= 0.3 is 0 Å². The summed E-state index contributed by atoms with van der Waals surface area (Å²) in [4.78, 5) is 5.88. The second kappa shape index (κ2) is 6.14. The average molecular weight is 344 g/mol. The largest absolute Gasteiger partial charge is 0.486 e. The van der Waals surface area contributed by atoms with Gasteiger partial charge in [0.2, 0.25) is 12.2 Å². The molecule has 3 heterocycles. The number of hydrogen-bond donors (Lipinski definition) is 3. The lowest BCUT2D eigenvalue weighted by Gasteiger charge is -2.23. The maximum atomic E-state index is 13.9. The van der Waals surface area contributed by atoms with Crippen LogP contribution in [-0.2, 0) is 6.54 Å². The first kappa shape index (κ1) is 15.5. The summed E-state index contributed by atoms with van der Waals surface area (Å²) in [6, 6.07) is 6.35. The Morgan fingerprint density at radius 2 is 2.04 bits per heavy atom. The first-order valence-electron chi connectivity index (χ1n) is 7.82. The van der Waals surface area contributed by atoms with Crippen molar-refractivity contribution in [1.29, 1.82) is 0 Å². The van der Waals surface area contributed by atoms with E-state index in [2.05, 4.69) is 10.3 Å². The molecule has 25 heavy (non-hydrogen) atoms. The van der Waals surface area contributed by atoms with Crippen molar-refractivity contribution >= 4 is 17.2 Å². The van der Waals surface area contributed by atoms with E-state index in [0.717, 1.165) is 5.56 Å². The van der Waals surface area contributed by atoms with Crippen LogP contribution in [0.5, 0.6) is 11.6 Å². The number of halogens is 1. The molecule has 4 N–H and O–H groups in total. The second-order valence-corrected chi connectivity index (χ2v) is 5.74. The van der Waals surface area contributed by atoms with Crippen LogP contribution in [0.15, 0.2) is 36.4 Å². The summed E-state index contributed by atoms with van der Waals surface area (Å²) in [6.45, 7) is 0.820. The fourth-order valence-electron chi connectivity index (χ4n) is 2.85. The Kier molecular flexibility index (Phi) is 3.81. The molecule has 1 atom stereocenters. The number of anilines is 3. The molecular formula is C17H17FN4O3. The van der Waals surface area contributed by atoms with Crippen LogP contribution in [0.2, 0.25) is 0 Å². The third-order valence-electron chi connectivity index (χ3n) is 4.06. The van der Waals surface area contributed by atoms with Gasteiger partial charge in [0, 0.05) is 12.6 Å². The van der Waals surface area contributed by atoms with Crippen molar-refractivity contribution in [1.82, 2.24) is 4.98 Å². The molecule has 4 bridgehead atoms. The molecule has 0 radical (unpaired) electrons. The van der Waals surface area contributed by atoms with Gasteiger partial charge in [-0.15, -0.1) is 0 Å². The Labute approximate surface area is 143 Å². The molecule has 0 aliphatic carbocycles. The number of hydrogen-bond acceptors (Lipinski definition) is 7. The molecule has 8 heteroatoms. The van der Waals surface area contributed by atoms with Crippen molar-refractivity contribution in [2.24, 2.45) is 0 Å². The highest BCUT2D eigenvalue weighted by molar-refractivity contribution is 5.84. The van der Waals surface area contributed by atoms with Gasteiger partial charge in [-0.05, 0) is 29.8 Å². The van der Waals surface area contributed by atoms with E-state index in [1.807, 2.05) is 0 Å². The number of aliphatic hydroxyl groups excluding tert-OH is 1. The minimum absolute atomic E-state index is 0.164. The summed E-state index contributed by atoms with van der Waals surface area (Å²) in [5.74, 6) is 0.335. The Balaban J connectivity index is 1.78. The van der Waals surface area contributed by atoms with E-state index in [1.165, 1.54) is 6.07 Å². The topological polar surface area (TPSA) is 92.9 Å². The van der Waals surface area contributed by atoms with Crippen LogP contribution >= 0.6 is 0 Å². The quantitative estimate of drug-likeness (QED) is 0.628. The monoisotopic (exact) mass is 344 g/mol. The zero-order valence-electron chi connectivity index (χ0n) is 13.3. The molecule has 0 fully saturated rings. The van der Waals surface area contributed by atoms with Crippen molar-refractivity contribution in [3.05, 3.63) is 47.8 Å². The lowest BCUT2D eigenvalue weighted by Crippen LogP contribution is -2.34. The third-order valence-corrected chi connectivity index (χ3v) is 4.06. The van der Waals surface area contributed by atoms with E-state index in [4.69, 9.17) is 15.2 Å². The van der Waals surface area contributed by atoms with Crippen LogP contribution in [0, 0.1) is 5.82 Å². The van der Waals surface area contributed by atoms with Crippen molar-refractivity contribution in [2.45, 2.75) is 12.9 Å². The van der Waals surface area contributed by atoms with Crippen LogP contribution < -0.4 is 25.4 Å². The predicted molar refractivity (Wildman–Crippen MR) is 91.0 cm³/mol. The SMILES string of the molecule is Nc1nc2cc3c1NC(O)N3Cc1ccc(F)c(c1)OC/C=C/CO2. The fourth-order valence-corrected chi connectivity index (χ4v) is 2.85. The van der Waals surface area contributed by atoms with Crippen molar-refractivity contribution in [3.63, 3.8) is 0 Å². The summed E-state index contributed by atoms with van der Waals surface area (Å²) in [6.07, 6.45) is 2.52. The first-order valence-corrected chi connectivity index (χ1v) is 7.82. The van der Waals surface area contributed by atoms with Crippen LogP contribution in [0.25, 0.3) is 0 Å². The fraction of sp³-hybridized carbons (Fsp3) is 0.235. The number of nitrogens with zero attached hydrogens (tertiary/aromatic N) is 2. The molecule has 2 aromatic rings. The van der Waals surface area contributed by atoms with E-state index in [-0.39, 0.29) is 24.8 Å². The van der Waals surface area contributed by atoms with Crippen LogP contribution in [0.4, 0.5) is 21.6 Å². The minimum atomic E-state index is -0.975. The van der Waals surface area contributed by atoms with Gasteiger partial charge in [0.15, 0.2) is 17.4 Å². The van der Waals surface area contributed by atoms with Crippen molar-refractivity contribution in [2.75, 3.05) is 29.2 Å². The van der Waals surface area contributed by atoms with Crippen LogP contribution in [-0.4, -0.2) is 29.7 Å². The molecule has 0 amide bonds. The number of fused-ring (bicyclic) bond motifs is 3. The smallest absolute Gasteiger partial charge is 0.217 e. The molecule has 2 aliphatic heterocycles. The first-order chi connectivity index (χ1) is 12.1. The third kappa shape index (κ3) is 2.91. The second-order valence-electron chi connectivity index (χ2n) is 5.74. The number of rotatable bonds is 0. The number of nitrogen functional groups attached to an aromatic ring is 1. The number of benzene rings is 1. The van der Waals surface area contributed by atoms with Crippen LogP contribution in [0.1, 0.15) is 5.56 Å². The summed E-state index contributed by atoms with van der Waals surface area (Å²) in [5, 5.41) is 13.2. The van der Waals surface area contributed by atoms with Gasteiger partial charge in [-0.2, -0.15) is 4.98 Å². The van der Waals surface area contributed by atoms with Gasteiger partial charge in [0.25, 0.3) is 0 Å². The molecule has 130 valence electrons. The molecular weight excluding hydrogens is 327 g/mol. The van der Waals surface area contributed by atoms with Gasteiger partial charge in [0.1, 0.15) is 18.9 Å². The van der Waals surface area contributed by atoms with Gasteiger partial charge < -0.3 is 30.5 Å². The molecule has 0 spiro atoms. The van der Waals surface area contributed by atoms with Crippen LogP contribution in [0.3, 0.4) is 0 Å². The van der Waals surface area contributed by atoms with Crippen molar-refractivity contribution < 1.29 is 19.0 Å². The zero-order chi connectivity index (χ0) is 17.4. The van der Waals surface area contributed by atoms with E-state index in [1.54, 1.807) is 35.3 Å². The maximum Gasteiger partial charge on any atom is 0.217 e. The highest BCUT2D eigenvalue weighted by Gasteiger charge is 2.30. The van der Waals surface area contributed by atoms with Gasteiger partial charge in [-0.1, -0.05) is 6.07 Å². The van der Waals surface area contributed by atoms with E-state index in [9.17, 15) is 9.50 Å². The highest BCUT2D eigenvalue weighted by atomic mass is 19.1. The lowest BCUT2D eigenvalue weighted by atomic mass is 10.2. The lowest BCUT2D eigenvalue weighted by molar-refractivity contribution is 0.202. The Morgan fingerprint density at radius 1 is 1.24 bits per heavy atom. The van der Waals surface area contributed by atoms with Crippen molar-refractivity contribution in [3.8, 4) is 11.6 Å². The number of nitrogens with one attached hydrogen (secondary N) is 1. The maximum absolute atomic E-state index is 13.9. The number of aromatic nitrogens is 1. The number of aliphatic hydroxyl groups is 1. The average Bonchev–Trinajstić information content (AvgIpc) is 2.90. The van der Waals surface area contributed by atoms with Gasteiger partial charge in [0.05, 0.1) is 5.69 Å². The van der Waals surface area contributed by atoms with E-state index < -0.39 is 12.2 Å². The standard InChI is InChI=1S/C17H17FN4O3/c18-11-4-3-10-7-13(11)24-5-1-2-6-25-14-8-12-15(16(19)20-14)21-17(23)22(12)9-10/h1-4,7-8,17,21,23H,5-6,9H2,(H2,19,20)/b2-1+. The van der Waals surface area contributed by atoms with Gasteiger partial charge in [-0.25, -0.2) is 4.39 Å². The molecule has 1 unspecified atom stereocenters. The molecule has 1 aromatic heterocycles. The molecule has 0 saturated heterocycles. The van der Waals surface area contributed by atoms with Gasteiger partial charge in [-0.3, -0.25) is 0 Å². The summed E-state index contributed by atoms with van der Waals surface area (Å²) in [7, 11) is 0. The zero-order valence-corrected chi connectivity index (χ0v) is 13.3. The number of pyridine rings is 1. The summed E-state index contributed by atoms with van der Waals surface area (Å²) >= 11 is 0. The summed E-state index contributed by atoms with van der Waals surface area (Å²) < 4.78 is 24.9. The molecule has 0 saturated carbocycles. The molecule has 2 aliphatic rings. The molecule has 4 rings (SSSR count). The highest BCUT2D eigenvalue weighted by Crippen LogP contribution is 2.40. The molecule has 1 aromatic carbocycles. The Hall–Kier alpha value is -3.00. The normalized spacial score (nSPS) is 20.1. The number of ether oxygens (including phenoxy) is 2. The summed E-state index contributed by atoms with van der Waals surface area (Å²) in [5.41, 5.74) is 7.96. The van der Waals surface area contributed by atoms with E-state index >= 15 is 0 Å². The Morgan fingerprint density at radius 3 is 2.88 bits per heavy atom. The number of nitrogens with two attached hydrogens (primary N) is 1. The predicted octanol–water partition coefficient (Wildman–Crippen LogP) is 1.84. The molecule has 7 nitrogen and oxygen atoms in total. The Bertz CT molecular complexity index is 843. The van der Waals surface area contributed by atoms with E-state index in [0.29, 0.717) is 23.8 Å².